The molecular formula is C21H28IN5O3. The highest BCUT2D eigenvalue weighted by Gasteiger charge is 2.25. The van der Waals surface area contributed by atoms with Crippen molar-refractivity contribution in [3.8, 4) is 0 Å². The molecule has 0 unspecified atom stereocenters. The zero-order chi connectivity index (χ0) is 20.5. The van der Waals surface area contributed by atoms with Crippen LogP contribution in [-0.2, 0) is 11.3 Å². The maximum Gasteiger partial charge on any atom is 0.289 e. The number of carbonyl (C=O) groups excluding carboxylic acids is 2. The minimum absolute atomic E-state index is 0. The van der Waals surface area contributed by atoms with Crippen molar-refractivity contribution in [1.82, 2.24) is 20.4 Å². The van der Waals surface area contributed by atoms with Gasteiger partial charge in [-0.15, -0.1) is 24.0 Å². The summed E-state index contributed by atoms with van der Waals surface area (Å²) in [6.45, 7) is 5.67. The van der Waals surface area contributed by atoms with E-state index in [-0.39, 0.29) is 42.3 Å². The first-order valence-corrected chi connectivity index (χ1v) is 9.84. The molecule has 1 aromatic heterocycles. The fourth-order valence-electron chi connectivity index (χ4n) is 3.10. The third kappa shape index (κ3) is 6.75. The molecule has 0 spiro atoms. The summed E-state index contributed by atoms with van der Waals surface area (Å²) in [7, 11) is 0. The Kier molecular flexibility index (Phi) is 9.65. The third-order valence-electron chi connectivity index (χ3n) is 4.64. The monoisotopic (exact) mass is 525 g/mol. The molecule has 30 heavy (non-hydrogen) atoms. The van der Waals surface area contributed by atoms with E-state index in [4.69, 9.17) is 4.42 Å². The summed E-state index contributed by atoms with van der Waals surface area (Å²) >= 11 is 0. The largest absolute Gasteiger partial charge is 0.459 e. The molecule has 2 N–H and O–H groups in total. The lowest BCUT2D eigenvalue weighted by atomic mass is 10.2. The van der Waals surface area contributed by atoms with Crippen LogP contribution in [0.4, 0.5) is 0 Å². The number of hydrogen-bond acceptors (Lipinski definition) is 4. The first-order valence-electron chi connectivity index (χ1n) is 9.84. The average molecular weight is 525 g/mol. The lowest BCUT2D eigenvalue weighted by Gasteiger charge is -2.36. The number of amides is 2. The highest BCUT2D eigenvalue weighted by atomic mass is 127. The molecule has 1 aliphatic heterocycles. The molecule has 8 nitrogen and oxygen atoms in total. The summed E-state index contributed by atoms with van der Waals surface area (Å²) in [5.74, 6) is 0.814. The predicted octanol–water partition coefficient (Wildman–Crippen LogP) is 1.94. The molecule has 3 rings (SSSR count). The van der Waals surface area contributed by atoms with E-state index in [1.807, 2.05) is 37.3 Å². The quantitative estimate of drug-likeness (QED) is 0.342. The molecule has 2 aromatic rings. The Hall–Kier alpha value is -2.56. The Balaban J connectivity index is 0.00000320. The molecular weight excluding hydrogens is 497 g/mol. The highest BCUT2D eigenvalue weighted by Crippen LogP contribution is 2.09. The molecule has 2 heterocycles. The van der Waals surface area contributed by atoms with Crippen molar-refractivity contribution in [2.24, 2.45) is 4.99 Å². The van der Waals surface area contributed by atoms with Crippen molar-refractivity contribution in [1.29, 1.82) is 0 Å². The first-order chi connectivity index (χ1) is 14.2. The number of furan rings is 1. The van der Waals surface area contributed by atoms with Gasteiger partial charge in [-0.05, 0) is 24.6 Å². The Morgan fingerprint density at radius 3 is 2.33 bits per heavy atom. The summed E-state index contributed by atoms with van der Waals surface area (Å²) in [4.78, 5) is 32.8. The van der Waals surface area contributed by atoms with Gasteiger partial charge in [-0.3, -0.25) is 9.59 Å². The van der Waals surface area contributed by atoms with Gasteiger partial charge in [0.15, 0.2) is 11.7 Å². The van der Waals surface area contributed by atoms with Crippen LogP contribution in [0.1, 0.15) is 23.0 Å². The van der Waals surface area contributed by atoms with E-state index in [1.54, 1.807) is 17.0 Å². The molecule has 1 aliphatic rings. The van der Waals surface area contributed by atoms with Crippen LogP contribution in [0.2, 0.25) is 0 Å². The number of halogens is 1. The number of aliphatic imine (C=N–C) groups is 1. The second kappa shape index (κ2) is 12.2. The molecule has 0 bridgehead atoms. The van der Waals surface area contributed by atoms with Crippen molar-refractivity contribution >= 4 is 41.8 Å². The van der Waals surface area contributed by atoms with E-state index in [2.05, 4.69) is 20.5 Å². The van der Waals surface area contributed by atoms with E-state index >= 15 is 0 Å². The number of guanidine groups is 1. The van der Waals surface area contributed by atoms with E-state index in [1.165, 1.54) is 6.26 Å². The zero-order valence-corrected chi connectivity index (χ0v) is 19.4. The van der Waals surface area contributed by atoms with Crippen molar-refractivity contribution < 1.29 is 14.0 Å². The number of nitrogens with zero attached hydrogens (tertiary/aromatic N) is 3. The number of rotatable bonds is 6. The van der Waals surface area contributed by atoms with Crippen LogP contribution in [0.25, 0.3) is 0 Å². The molecule has 1 aromatic carbocycles. The summed E-state index contributed by atoms with van der Waals surface area (Å²) in [5, 5.41) is 6.11. The van der Waals surface area contributed by atoms with Crippen molar-refractivity contribution in [3.63, 3.8) is 0 Å². The van der Waals surface area contributed by atoms with Crippen LogP contribution in [0, 0.1) is 0 Å². The van der Waals surface area contributed by atoms with E-state index in [0.29, 0.717) is 51.0 Å². The van der Waals surface area contributed by atoms with Gasteiger partial charge in [0, 0.05) is 39.3 Å². The van der Waals surface area contributed by atoms with Crippen molar-refractivity contribution in [2.45, 2.75) is 13.5 Å². The molecule has 162 valence electrons. The van der Waals surface area contributed by atoms with E-state index in [0.717, 1.165) is 5.56 Å². The minimum atomic E-state index is -0.129. The second-order valence-corrected chi connectivity index (χ2v) is 6.69. The highest BCUT2D eigenvalue weighted by molar-refractivity contribution is 14.0. The van der Waals surface area contributed by atoms with Gasteiger partial charge in [-0.2, -0.15) is 0 Å². The molecule has 9 heteroatoms. The van der Waals surface area contributed by atoms with Crippen LogP contribution in [0.3, 0.4) is 0 Å². The van der Waals surface area contributed by atoms with Crippen LogP contribution in [0.5, 0.6) is 0 Å². The normalized spacial score (nSPS) is 14.1. The molecule has 1 saturated heterocycles. The van der Waals surface area contributed by atoms with Gasteiger partial charge in [0.1, 0.15) is 6.54 Å². The lowest BCUT2D eigenvalue weighted by Crippen LogP contribution is -2.54. The minimum Gasteiger partial charge on any atom is -0.459 e. The average Bonchev–Trinajstić information content (AvgIpc) is 3.30. The number of hydrogen-bond donors (Lipinski definition) is 2. The van der Waals surface area contributed by atoms with Gasteiger partial charge in [0.25, 0.3) is 5.91 Å². The smallest absolute Gasteiger partial charge is 0.289 e. The van der Waals surface area contributed by atoms with Crippen LogP contribution in [0.15, 0.2) is 58.1 Å². The Morgan fingerprint density at radius 1 is 1.00 bits per heavy atom. The van der Waals surface area contributed by atoms with Gasteiger partial charge in [0.2, 0.25) is 5.91 Å². The molecule has 0 saturated carbocycles. The summed E-state index contributed by atoms with van der Waals surface area (Å²) in [6.07, 6.45) is 1.50. The van der Waals surface area contributed by atoms with Gasteiger partial charge < -0.3 is 24.9 Å². The molecule has 0 atom stereocenters. The summed E-state index contributed by atoms with van der Waals surface area (Å²) in [6, 6.07) is 13.2. The number of nitrogens with one attached hydrogen (secondary N) is 2. The molecule has 0 aliphatic carbocycles. The summed E-state index contributed by atoms with van der Waals surface area (Å²) < 4.78 is 5.20. The maximum atomic E-state index is 12.4. The van der Waals surface area contributed by atoms with Crippen molar-refractivity contribution in [3.05, 3.63) is 60.1 Å². The summed E-state index contributed by atoms with van der Waals surface area (Å²) in [5.41, 5.74) is 1.05. The fraction of sp³-hybridized carbons (Fsp3) is 0.381. The molecule has 1 fully saturated rings. The number of benzene rings is 1. The predicted molar refractivity (Wildman–Crippen MR) is 126 cm³/mol. The third-order valence-corrected chi connectivity index (χ3v) is 4.64. The fourth-order valence-corrected chi connectivity index (χ4v) is 3.10. The van der Waals surface area contributed by atoms with Crippen LogP contribution >= 0.6 is 24.0 Å². The number of carbonyl (C=O) groups is 2. The second-order valence-electron chi connectivity index (χ2n) is 6.69. The Labute approximate surface area is 193 Å². The molecule has 0 radical (unpaired) electrons. The molecule has 2 amide bonds. The SMILES string of the molecule is CCNC(=NCC(=O)NCc1ccccc1)N1CCN(C(=O)c2ccco2)CC1.I. The number of piperazine rings is 1. The van der Waals surface area contributed by atoms with Gasteiger partial charge in [-0.1, -0.05) is 30.3 Å². The van der Waals surface area contributed by atoms with Gasteiger partial charge in [0.05, 0.1) is 6.26 Å². The van der Waals surface area contributed by atoms with Crippen molar-refractivity contribution in [2.75, 3.05) is 39.3 Å². The maximum absolute atomic E-state index is 12.4. The standard InChI is InChI=1S/C21H27N5O3.HI/c1-2-22-21(24-16-19(27)23-15-17-7-4-3-5-8-17)26-12-10-25(11-13-26)20(28)18-9-6-14-29-18;/h3-9,14H,2,10-13,15-16H2,1H3,(H,22,24)(H,23,27);1H. The topological polar surface area (TPSA) is 90.2 Å². The van der Waals surface area contributed by atoms with Gasteiger partial charge in [-0.25, -0.2) is 4.99 Å². The zero-order valence-electron chi connectivity index (χ0n) is 17.0. The van der Waals surface area contributed by atoms with E-state index in [9.17, 15) is 9.59 Å². The Bertz CT molecular complexity index is 818. The van der Waals surface area contributed by atoms with Crippen LogP contribution in [-0.4, -0.2) is 66.8 Å². The Morgan fingerprint density at radius 2 is 1.70 bits per heavy atom. The lowest BCUT2D eigenvalue weighted by molar-refractivity contribution is -0.119. The van der Waals surface area contributed by atoms with Gasteiger partial charge >= 0.3 is 0 Å². The van der Waals surface area contributed by atoms with E-state index < -0.39 is 0 Å². The first kappa shape index (κ1) is 23.7. The van der Waals surface area contributed by atoms with Crippen LogP contribution < -0.4 is 10.6 Å².